The lowest BCUT2D eigenvalue weighted by atomic mass is 9.44. The highest BCUT2D eigenvalue weighted by atomic mass is 16.3. The molecule has 0 bridgehead atoms. The largest absolute Gasteiger partial charge is 0.507 e. The van der Waals surface area contributed by atoms with Crippen LogP contribution in [0.15, 0.2) is 127 Å². The average Bonchev–Trinajstić information content (AvgIpc) is 3.39. The lowest BCUT2D eigenvalue weighted by molar-refractivity contribution is -0.135. The van der Waals surface area contributed by atoms with E-state index in [2.05, 4.69) is 6.58 Å². The van der Waals surface area contributed by atoms with E-state index in [-0.39, 0.29) is 35.6 Å². The van der Waals surface area contributed by atoms with Crippen LogP contribution >= 0.6 is 0 Å². The smallest absolute Gasteiger partial charge is 0.238 e. The number of amides is 2. The molecular formula is C43H35NO5. The normalized spacial score (nSPS) is 27.5. The zero-order chi connectivity index (χ0) is 34.0. The van der Waals surface area contributed by atoms with E-state index in [0.717, 1.165) is 11.1 Å². The Hall–Kier alpha value is -5.62. The summed E-state index contributed by atoms with van der Waals surface area (Å²) in [5.74, 6) is -4.35. The fraction of sp³-hybridized carbons (Fsp3) is 0.209. The zero-order valence-electron chi connectivity index (χ0n) is 27.1. The van der Waals surface area contributed by atoms with Gasteiger partial charge in [0.1, 0.15) is 5.75 Å². The molecule has 242 valence electrons. The Kier molecular flexibility index (Phi) is 7.21. The Bertz CT molecular complexity index is 2110. The Morgan fingerprint density at radius 2 is 1.51 bits per heavy atom. The van der Waals surface area contributed by atoms with Crippen LogP contribution in [-0.2, 0) is 24.6 Å². The van der Waals surface area contributed by atoms with Gasteiger partial charge in [-0.25, -0.2) is 0 Å². The summed E-state index contributed by atoms with van der Waals surface area (Å²) in [6.07, 6.45) is 5.74. The molecule has 0 radical (unpaired) electrons. The van der Waals surface area contributed by atoms with Crippen molar-refractivity contribution >= 4 is 40.7 Å². The van der Waals surface area contributed by atoms with Crippen LogP contribution in [0.2, 0.25) is 0 Å². The number of allylic oxidation sites excluding steroid dienone is 4. The molecular weight excluding hydrogens is 610 g/mol. The minimum Gasteiger partial charge on any atom is -0.507 e. The predicted molar refractivity (Wildman–Crippen MR) is 188 cm³/mol. The highest BCUT2D eigenvalue weighted by Crippen LogP contribution is 2.64. The third kappa shape index (κ3) is 4.40. The number of benzene rings is 4. The third-order valence-corrected chi connectivity index (χ3v) is 11.3. The van der Waals surface area contributed by atoms with Crippen molar-refractivity contribution in [3.05, 3.63) is 155 Å². The first kappa shape index (κ1) is 30.7. The summed E-state index contributed by atoms with van der Waals surface area (Å²) in [6.45, 7) is 5.62. The summed E-state index contributed by atoms with van der Waals surface area (Å²) in [5, 5.41) is 11.7. The highest BCUT2D eigenvalue weighted by Gasteiger charge is 2.66. The molecule has 1 aliphatic heterocycles. The highest BCUT2D eigenvalue weighted by molar-refractivity contribution is 6.32. The number of hydrogen-bond acceptors (Lipinski definition) is 5. The molecule has 4 aliphatic rings. The number of nitrogens with zero attached hydrogens (tertiary/aromatic N) is 1. The van der Waals surface area contributed by atoms with Crippen molar-refractivity contribution in [3.63, 3.8) is 0 Å². The molecule has 4 aromatic carbocycles. The maximum Gasteiger partial charge on any atom is 0.238 e. The Balaban J connectivity index is 1.36. The van der Waals surface area contributed by atoms with E-state index in [9.17, 15) is 19.5 Å². The lowest BCUT2D eigenvalue weighted by Gasteiger charge is -2.55. The van der Waals surface area contributed by atoms with Crippen molar-refractivity contribution in [1.82, 2.24) is 0 Å². The Morgan fingerprint density at radius 1 is 0.816 bits per heavy atom. The van der Waals surface area contributed by atoms with E-state index >= 15 is 4.79 Å². The molecule has 0 aromatic heterocycles. The molecule has 8 rings (SSSR count). The van der Waals surface area contributed by atoms with Gasteiger partial charge in [-0.2, -0.15) is 0 Å². The van der Waals surface area contributed by atoms with Gasteiger partial charge in [0.2, 0.25) is 11.8 Å². The molecule has 1 saturated heterocycles. The summed E-state index contributed by atoms with van der Waals surface area (Å²) in [6, 6.07) is 31.3. The number of carbonyl (C=O) groups is 4. The Labute approximate surface area is 285 Å². The van der Waals surface area contributed by atoms with Crippen molar-refractivity contribution < 1.29 is 24.3 Å². The van der Waals surface area contributed by atoms with Crippen LogP contribution in [-0.4, -0.2) is 28.5 Å². The molecule has 1 heterocycles. The first-order valence-corrected chi connectivity index (χ1v) is 16.8. The first-order valence-electron chi connectivity index (χ1n) is 16.8. The Morgan fingerprint density at radius 3 is 2.20 bits per heavy atom. The van der Waals surface area contributed by atoms with Gasteiger partial charge >= 0.3 is 0 Å². The van der Waals surface area contributed by atoms with Gasteiger partial charge < -0.3 is 5.11 Å². The number of aryl methyl sites for hydroxylation is 1. The molecule has 49 heavy (non-hydrogen) atoms. The number of anilines is 1. The number of Topliss-reactive ketones (excluding diaryl/α,β-unsaturated/α-hetero) is 1. The van der Waals surface area contributed by atoms with Crippen LogP contribution in [0.5, 0.6) is 5.75 Å². The standard InChI is InChI=1S/C43H35NO5/c1-3-26-17-19-29(20-18-26)44-41(48)31-22-21-30-34(37(31)42(44)49)23-35-40(47)33(27-12-6-4-7-13-27)24-36(45)43(35,28-14-8-5-9-15-28)38(30)32-16-10-11-25(2)39(32)46/h3-21,24,31,34-35,37-38,46H,1,22-23H2,2H3. The van der Waals surface area contributed by atoms with Crippen LogP contribution < -0.4 is 4.90 Å². The van der Waals surface area contributed by atoms with Crippen LogP contribution in [0.4, 0.5) is 5.69 Å². The first-order chi connectivity index (χ1) is 23.8. The van der Waals surface area contributed by atoms with Gasteiger partial charge in [0.25, 0.3) is 0 Å². The van der Waals surface area contributed by atoms with E-state index < -0.39 is 35.0 Å². The molecule has 6 heteroatoms. The van der Waals surface area contributed by atoms with Crippen LogP contribution in [0.1, 0.15) is 46.6 Å². The maximum atomic E-state index is 15.1. The molecule has 1 N–H and O–H groups in total. The second-order valence-electron chi connectivity index (χ2n) is 13.6. The summed E-state index contributed by atoms with van der Waals surface area (Å²) < 4.78 is 0. The van der Waals surface area contributed by atoms with Gasteiger partial charge in [0.05, 0.1) is 22.9 Å². The van der Waals surface area contributed by atoms with E-state index in [1.807, 2.05) is 104 Å². The minimum atomic E-state index is -1.39. The minimum absolute atomic E-state index is 0.0566. The van der Waals surface area contributed by atoms with Gasteiger partial charge in [-0.05, 0) is 66.1 Å². The number of rotatable bonds is 5. The van der Waals surface area contributed by atoms with E-state index in [1.165, 1.54) is 11.0 Å². The number of ketones is 2. The van der Waals surface area contributed by atoms with Gasteiger partial charge in [0.15, 0.2) is 11.6 Å². The van der Waals surface area contributed by atoms with Crippen molar-refractivity contribution in [1.29, 1.82) is 0 Å². The number of aromatic hydroxyl groups is 1. The van der Waals surface area contributed by atoms with Gasteiger partial charge in [0, 0.05) is 23.0 Å². The topological polar surface area (TPSA) is 91.8 Å². The van der Waals surface area contributed by atoms with Crippen molar-refractivity contribution in [2.75, 3.05) is 4.90 Å². The monoisotopic (exact) mass is 645 g/mol. The van der Waals surface area contributed by atoms with Crippen molar-refractivity contribution in [2.24, 2.45) is 23.7 Å². The van der Waals surface area contributed by atoms with Gasteiger partial charge in [-0.1, -0.05) is 115 Å². The van der Waals surface area contributed by atoms with E-state index in [1.54, 1.807) is 18.2 Å². The van der Waals surface area contributed by atoms with Crippen molar-refractivity contribution in [3.8, 4) is 5.75 Å². The molecule has 1 saturated carbocycles. The molecule has 6 unspecified atom stereocenters. The maximum absolute atomic E-state index is 15.1. The van der Waals surface area contributed by atoms with E-state index in [4.69, 9.17) is 0 Å². The fourth-order valence-electron chi connectivity index (χ4n) is 9.15. The molecule has 0 spiro atoms. The molecule has 3 aliphatic carbocycles. The fourth-order valence-corrected chi connectivity index (χ4v) is 9.15. The van der Waals surface area contributed by atoms with Crippen LogP contribution in [0, 0.1) is 30.6 Å². The molecule has 6 nitrogen and oxygen atoms in total. The molecule has 6 atom stereocenters. The second-order valence-corrected chi connectivity index (χ2v) is 13.6. The summed E-state index contributed by atoms with van der Waals surface area (Å²) >= 11 is 0. The van der Waals surface area contributed by atoms with Crippen molar-refractivity contribution in [2.45, 2.75) is 31.1 Å². The summed E-state index contributed by atoms with van der Waals surface area (Å²) in [5.41, 5.74) is 3.67. The molecule has 2 amide bonds. The number of carbonyl (C=O) groups excluding carboxylic acids is 4. The lowest BCUT2D eigenvalue weighted by Crippen LogP contribution is -2.58. The number of hydrogen-bond donors (Lipinski definition) is 1. The number of phenols is 1. The van der Waals surface area contributed by atoms with Gasteiger partial charge in [-0.15, -0.1) is 0 Å². The number of fused-ring (bicyclic) bond motifs is 4. The molecule has 4 aromatic rings. The summed E-state index contributed by atoms with van der Waals surface area (Å²) in [4.78, 5) is 59.9. The third-order valence-electron chi connectivity index (χ3n) is 11.3. The van der Waals surface area contributed by atoms with Crippen LogP contribution in [0.3, 0.4) is 0 Å². The van der Waals surface area contributed by atoms with E-state index in [0.29, 0.717) is 39.9 Å². The average molecular weight is 646 g/mol. The summed E-state index contributed by atoms with van der Waals surface area (Å²) in [7, 11) is 0. The quantitative estimate of drug-likeness (QED) is 0.181. The number of phenolic OH excluding ortho intramolecular Hbond substituents is 1. The predicted octanol–water partition coefficient (Wildman–Crippen LogP) is 7.37. The number of imide groups is 1. The van der Waals surface area contributed by atoms with Gasteiger partial charge in [-0.3, -0.25) is 24.1 Å². The SMILES string of the molecule is C=Cc1ccc(N2C(=O)C3CC=C4C(CC5C(=O)C(c6ccccc6)=CC(=O)C5(c5ccccc5)C4c4cccc(C)c4O)C3C2=O)cc1. The number of para-hydroxylation sites is 1. The van der Waals surface area contributed by atoms with Crippen LogP contribution in [0.25, 0.3) is 11.6 Å². The molecule has 2 fully saturated rings. The second kappa shape index (κ2) is 11.5. The zero-order valence-corrected chi connectivity index (χ0v) is 27.1.